The van der Waals surface area contributed by atoms with E-state index in [-0.39, 0.29) is 24.9 Å². The van der Waals surface area contributed by atoms with Crippen LogP contribution in [0.5, 0.6) is 0 Å². The summed E-state index contributed by atoms with van der Waals surface area (Å²) in [5.41, 5.74) is -0.471. The minimum absolute atomic E-state index is 0.101. The van der Waals surface area contributed by atoms with E-state index < -0.39 is 23.4 Å². The highest BCUT2D eigenvalue weighted by Crippen LogP contribution is 2.23. The molecular weight excluding hydrogens is 281 g/mol. The Balaban J connectivity index is 2.35. The average Bonchev–Trinajstić information content (AvgIpc) is 2.47. The maximum atomic E-state index is 14.3. The Morgan fingerprint density at radius 3 is 3.05 bits per heavy atom. The van der Waals surface area contributed by atoms with Crippen molar-refractivity contribution in [1.82, 2.24) is 10.3 Å². The molecule has 1 atom stereocenters. The number of ether oxygens (including phenoxy) is 1. The van der Waals surface area contributed by atoms with E-state index in [9.17, 15) is 14.0 Å². The summed E-state index contributed by atoms with van der Waals surface area (Å²) in [4.78, 5) is 28.3. The minimum atomic E-state index is -1.38. The predicted molar refractivity (Wildman–Crippen MR) is 71.8 cm³/mol. The summed E-state index contributed by atoms with van der Waals surface area (Å²) in [6.07, 6.45) is 1.21. The Kier molecular flexibility index (Phi) is 4.69. The second-order valence-electron chi connectivity index (χ2n) is 4.48. The zero-order valence-corrected chi connectivity index (χ0v) is 11.5. The van der Waals surface area contributed by atoms with Crippen molar-refractivity contribution >= 4 is 17.7 Å². The number of hydrogen-bond acceptors (Lipinski definition) is 5. The molecule has 2 N–H and O–H groups in total. The largest absolute Gasteiger partial charge is 0.478 e. The molecule has 0 radical (unpaired) electrons. The third kappa shape index (κ3) is 3.10. The number of carbonyl (C=O) groups is 2. The fraction of sp³-hybridized carbons (Fsp3) is 0.462. The van der Waals surface area contributed by atoms with Crippen molar-refractivity contribution in [1.29, 1.82) is 0 Å². The number of rotatable bonds is 4. The maximum Gasteiger partial charge on any atom is 0.338 e. The number of carboxylic acids is 1. The first-order valence-corrected chi connectivity index (χ1v) is 6.56. The monoisotopic (exact) mass is 297 g/mol. The molecule has 1 fully saturated rings. The van der Waals surface area contributed by atoms with E-state index in [4.69, 9.17) is 9.84 Å². The summed E-state index contributed by atoms with van der Waals surface area (Å²) < 4.78 is 19.5. The van der Waals surface area contributed by atoms with Crippen molar-refractivity contribution in [3.8, 4) is 0 Å². The summed E-state index contributed by atoms with van der Waals surface area (Å²) in [6, 6.07) is 0.354. The molecular formula is C13H16FN3O4. The van der Waals surface area contributed by atoms with E-state index in [0.29, 0.717) is 13.2 Å². The quantitative estimate of drug-likeness (QED) is 0.828. The first kappa shape index (κ1) is 15.2. The molecule has 0 aliphatic carbocycles. The molecule has 1 aromatic heterocycles. The summed E-state index contributed by atoms with van der Waals surface area (Å²) in [6.45, 7) is 2.89. The SMILES string of the molecule is CCNC(=O)C1COCCN1c1nccc(C(=O)O)c1F. The van der Waals surface area contributed by atoms with Crippen LogP contribution in [0.3, 0.4) is 0 Å². The van der Waals surface area contributed by atoms with Crippen LogP contribution in [0.15, 0.2) is 12.3 Å². The Hall–Kier alpha value is -2.22. The molecule has 1 amide bonds. The lowest BCUT2D eigenvalue weighted by atomic mass is 10.1. The van der Waals surface area contributed by atoms with Crippen molar-refractivity contribution in [2.75, 3.05) is 31.2 Å². The average molecular weight is 297 g/mol. The van der Waals surface area contributed by atoms with Crippen LogP contribution >= 0.6 is 0 Å². The van der Waals surface area contributed by atoms with Crippen LogP contribution in [-0.4, -0.2) is 54.3 Å². The summed E-state index contributed by atoms with van der Waals surface area (Å²) in [5.74, 6) is -2.77. The van der Waals surface area contributed by atoms with Gasteiger partial charge in [0.25, 0.3) is 0 Å². The predicted octanol–water partition coefficient (Wildman–Crippen LogP) is 0.260. The summed E-state index contributed by atoms with van der Waals surface area (Å²) >= 11 is 0. The number of amides is 1. The molecule has 1 aliphatic heterocycles. The number of aromatic nitrogens is 1. The highest BCUT2D eigenvalue weighted by atomic mass is 19.1. The number of morpholine rings is 1. The Morgan fingerprint density at radius 1 is 1.62 bits per heavy atom. The Labute approximate surface area is 120 Å². The van der Waals surface area contributed by atoms with Crippen molar-refractivity contribution in [2.24, 2.45) is 0 Å². The molecule has 1 aliphatic rings. The summed E-state index contributed by atoms with van der Waals surface area (Å²) in [5, 5.41) is 11.6. The van der Waals surface area contributed by atoms with Gasteiger partial charge in [-0.3, -0.25) is 4.79 Å². The lowest BCUT2D eigenvalue weighted by Crippen LogP contribution is -2.54. The van der Waals surface area contributed by atoms with E-state index >= 15 is 0 Å². The van der Waals surface area contributed by atoms with Gasteiger partial charge in [-0.15, -0.1) is 0 Å². The van der Waals surface area contributed by atoms with Gasteiger partial charge in [0, 0.05) is 19.3 Å². The van der Waals surface area contributed by atoms with Crippen molar-refractivity contribution in [3.63, 3.8) is 0 Å². The molecule has 7 nitrogen and oxygen atoms in total. The van der Waals surface area contributed by atoms with Gasteiger partial charge in [-0.25, -0.2) is 14.2 Å². The van der Waals surface area contributed by atoms with Crippen molar-refractivity contribution in [2.45, 2.75) is 13.0 Å². The number of carboxylic acid groups (broad SMARTS) is 1. The fourth-order valence-electron chi connectivity index (χ4n) is 2.16. The van der Waals surface area contributed by atoms with E-state index in [1.54, 1.807) is 6.92 Å². The number of aromatic carboxylic acids is 1. The van der Waals surface area contributed by atoms with Gasteiger partial charge in [0.1, 0.15) is 11.6 Å². The molecule has 0 saturated carbocycles. The van der Waals surface area contributed by atoms with Gasteiger partial charge in [-0.1, -0.05) is 0 Å². The highest BCUT2D eigenvalue weighted by Gasteiger charge is 2.32. The standard InChI is InChI=1S/C13H16FN3O4/c1-2-15-12(18)9-7-21-6-5-17(9)11-10(14)8(13(19)20)3-4-16-11/h3-4,9H,2,5-7H2,1H3,(H,15,18)(H,19,20). The van der Waals surface area contributed by atoms with E-state index in [1.165, 1.54) is 11.1 Å². The van der Waals surface area contributed by atoms with Crippen LogP contribution in [0.4, 0.5) is 10.2 Å². The normalized spacial score (nSPS) is 18.4. The van der Waals surface area contributed by atoms with Gasteiger partial charge in [0.05, 0.1) is 13.2 Å². The third-order valence-electron chi connectivity index (χ3n) is 3.16. The number of halogens is 1. The van der Waals surface area contributed by atoms with Gasteiger partial charge in [-0.2, -0.15) is 0 Å². The molecule has 21 heavy (non-hydrogen) atoms. The zero-order valence-electron chi connectivity index (χ0n) is 11.5. The summed E-state index contributed by atoms with van der Waals surface area (Å²) in [7, 11) is 0. The lowest BCUT2D eigenvalue weighted by Gasteiger charge is -2.35. The number of nitrogens with zero attached hydrogens (tertiary/aromatic N) is 2. The molecule has 2 heterocycles. The molecule has 0 aromatic carbocycles. The van der Waals surface area contributed by atoms with Crippen molar-refractivity contribution < 1.29 is 23.8 Å². The molecule has 0 bridgehead atoms. The van der Waals surface area contributed by atoms with Crippen LogP contribution in [0.25, 0.3) is 0 Å². The van der Waals surface area contributed by atoms with Crippen LogP contribution < -0.4 is 10.2 Å². The van der Waals surface area contributed by atoms with Gasteiger partial charge >= 0.3 is 5.97 Å². The third-order valence-corrected chi connectivity index (χ3v) is 3.16. The number of pyridine rings is 1. The molecule has 1 saturated heterocycles. The van der Waals surface area contributed by atoms with Gasteiger partial charge in [0.2, 0.25) is 5.91 Å². The van der Waals surface area contributed by atoms with Crippen LogP contribution in [0.2, 0.25) is 0 Å². The molecule has 2 rings (SSSR count). The highest BCUT2D eigenvalue weighted by molar-refractivity contribution is 5.90. The van der Waals surface area contributed by atoms with Crippen LogP contribution in [-0.2, 0) is 9.53 Å². The van der Waals surface area contributed by atoms with Gasteiger partial charge < -0.3 is 20.1 Å². The second-order valence-corrected chi connectivity index (χ2v) is 4.48. The second kappa shape index (κ2) is 6.49. The number of nitrogens with one attached hydrogen (secondary N) is 1. The fourth-order valence-corrected chi connectivity index (χ4v) is 2.16. The van der Waals surface area contributed by atoms with Crippen LogP contribution in [0, 0.1) is 5.82 Å². The van der Waals surface area contributed by atoms with Gasteiger partial charge in [0.15, 0.2) is 11.6 Å². The molecule has 0 spiro atoms. The maximum absolute atomic E-state index is 14.3. The van der Waals surface area contributed by atoms with E-state index in [0.717, 1.165) is 6.07 Å². The van der Waals surface area contributed by atoms with E-state index in [1.807, 2.05) is 0 Å². The minimum Gasteiger partial charge on any atom is -0.478 e. The first-order chi connectivity index (χ1) is 10.1. The van der Waals surface area contributed by atoms with Gasteiger partial charge in [-0.05, 0) is 13.0 Å². The Morgan fingerprint density at radius 2 is 2.38 bits per heavy atom. The number of carbonyl (C=O) groups excluding carboxylic acids is 1. The van der Waals surface area contributed by atoms with Crippen molar-refractivity contribution in [3.05, 3.63) is 23.6 Å². The molecule has 8 heteroatoms. The number of anilines is 1. The zero-order chi connectivity index (χ0) is 15.4. The number of likely N-dealkylation sites (N-methyl/N-ethyl adjacent to an activating group) is 1. The van der Waals surface area contributed by atoms with E-state index in [2.05, 4.69) is 10.3 Å². The molecule has 114 valence electrons. The topological polar surface area (TPSA) is 91.8 Å². The van der Waals surface area contributed by atoms with Crippen LogP contribution in [0.1, 0.15) is 17.3 Å². The first-order valence-electron chi connectivity index (χ1n) is 6.56. The molecule has 1 aromatic rings. The lowest BCUT2D eigenvalue weighted by molar-refractivity contribution is -0.124. The molecule has 1 unspecified atom stereocenters. The smallest absolute Gasteiger partial charge is 0.338 e. The Bertz CT molecular complexity index is 552. The number of hydrogen-bond donors (Lipinski definition) is 2.